The van der Waals surface area contributed by atoms with Crippen LogP contribution in [0.15, 0.2) is 58.3 Å². The molecule has 0 aliphatic carbocycles. The van der Waals surface area contributed by atoms with Gasteiger partial charge in [-0.15, -0.1) is 22.7 Å². The standard InChI is InChI=1S/C19H15Cl2N3OS2/c20-13-6-5-12(9-14(13)21)22-11-19(25)24-16(18-4-2-8-27-18)10-15(23-24)17-3-1-7-26-17/h1-9,16,22H,10-11H2. The van der Waals surface area contributed by atoms with Crippen molar-refractivity contribution in [3.8, 4) is 0 Å². The quantitative estimate of drug-likeness (QED) is 0.541. The minimum Gasteiger partial charge on any atom is -0.376 e. The number of hydrogen-bond acceptors (Lipinski definition) is 5. The van der Waals surface area contributed by atoms with Crippen LogP contribution in [0.4, 0.5) is 5.69 Å². The molecule has 27 heavy (non-hydrogen) atoms. The molecule has 1 aliphatic heterocycles. The van der Waals surface area contributed by atoms with E-state index in [1.54, 1.807) is 45.9 Å². The van der Waals surface area contributed by atoms with Crippen molar-refractivity contribution < 1.29 is 4.79 Å². The number of benzene rings is 1. The molecular weight excluding hydrogens is 421 g/mol. The van der Waals surface area contributed by atoms with Crippen LogP contribution < -0.4 is 5.32 Å². The fourth-order valence-corrected chi connectivity index (χ4v) is 4.73. The van der Waals surface area contributed by atoms with E-state index in [1.165, 1.54) is 0 Å². The molecule has 8 heteroatoms. The van der Waals surface area contributed by atoms with Crippen LogP contribution in [0.25, 0.3) is 0 Å². The third kappa shape index (κ3) is 4.04. The van der Waals surface area contributed by atoms with Gasteiger partial charge in [-0.2, -0.15) is 5.10 Å². The molecule has 1 aliphatic rings. The lowest BCUT2D eigenvalue weighted by Gasteiger charge is -2.21. The lowest BCUT2D eigenvalue weighted by molar-refractivity contribution is -0.131. The number of anilines is 1. The van der Waals surface area contributed by atoms with E-state index in [1.807, 2.05) is 29.0 Å². The number of thiophene rings is 2. The van der Waals surface area contributed by atoms with E-state index in [0.29, 0.717) is 10.0 Å². The summed E-state index contributed by atoms with van der Waals surface area (Å²) in [5.74, 6) is -0.0916. The van der Waals surface area contributed by atoms with Gasteiger partial charge in [0, 0.05) is 17.0 Å². The summed E-state index contributed by atoms with van der Waals surface area (Å²) in [7, 11) is 0. The van der Waals surface area contributed by atoms with Gasteiger partial charge in [-0.25, -0.2) is 5.01 Å². The molecule has 1 atom stereocenters. The average molecular weight is 436 g/mol. The Balaban J connectivity index is 1.52. The van der Waals surface area contributed by atoms with E-state index in [0.717, 1.165) is 27.6 Å². The topological polar surface area (TPSA) is 44.7 Å². The van der Waals surface area contributed by atoms with Gasteiger partial charge in [0.1, 0.15) is 0 Å². The van der Waals surface area contributed by atoms with E-state index in [9.17, 15) is 4.79 Å². The Morgan fingerprint density at radius 2 is 1.96 bits per heavy atom. The molecule has 138 valence electrons. The Bertz CT molecular complexity index is 971. The number of amides is 1. The molecule has 1 N–H and O–H groups in total. The van der Waals surface area contributed by atoms with Gasteiger partial charge in [0.2, 0.25) is 0 Å². The van der Waals surface area contributed by atoms with E-state index < -0.39 is 0 Å². The summed E-state index contributed by atoms with van der Waals surface area (Å²) in [5, 5.41) is 14.3. The minimum atomic E-state index is -0.0916. The van der Waals surface area contributed by atoms with Gasteiger partial charge in [-0.05, 0) is 41.1 Å². The monoisotopic (exact) mass is 435 g/mol. The normalized spacial score (nSPS) is 16.4. The zero-order valence-corrected chi connectivity index (χ0v) is 17.2. The second kappa shape index (κ2) is 8.02. The number of halogens is 2. The van der Waals surface area contributed by atoms with Gasteiger partial charge in [-0.1, -0.05) is 35.3 Å². The van der Waals surface area contributed by atoms with E-state index in [4.69, 9.17) is 23.2 Å². The number of nitrogens with one attached hydrogen (secondary N) is 1. The zero-order valence-electron chi connectivity index (χ0n) is 14.1. The highest BCUT2D eigenvalue weighted by Crippen LogP contribution is 2.36. The van der Waals surface area contributed by atoms with Crippen LogP contribution in [0.1, 0.15) is 22.2 Å². The molecule has 1 aromatic carbocycles. The van der Waals surface area contributed by atoms with Gasteiger partial charge < -0.3 is 5.32 Å². The largest absolute Gasteiger partial charge is 0.376 e. The van der Waals surface area contributed by atoms with Crippen LogP contribution >= 0.6 is 45.9 Å². The summed E-state index contributed by atoms with van der Waals surface area (Å²) in [6.07, 6.45) is 0.722. The van der Waals surface area contributed by atoms with E-state index >= 15 is 0 Å². The highest BCUT2D eigenvalue weighted by molar-refractivity contribution is 7.12. The van der Waals surface area contributed by atoms with Crippen molar-refractivity contribution in [2.24, 2.45) is 5.10 Å². The predicted octanol–water partition coefficient (Wildman–Crippen LogP) is 5.91. The first-order valence-corrected chi connectivity index (χ1v) is 10.8. The Kier molecular flexibility index (Phi) is 5.50. The van der Waals surface area contributed by atoms with Crippen LogP contribution in [0.3, 0.4) is 0 Å². The SMILES string of the molecule is O=C(CNc1ccc(Cl)c(Cl)c1)N1N=C(c2cccs2)CC1c1cccs1. The maximum atomic E-state index is 12.9. The van der Waals surface area contributed by atoms with Gasteiger partial charge in [0.25, 0.3) is 5.91 Å². The van der Waals surface area contributed by atoms with Crippen molar-refractivity contribution in [2.75, 3.05) is 11.9 Å². The second-order valence-electron chi connectivity index (χ2n) is 5.98. The molecule has 0 saturated carbocycles. The first-order valence-electron chi connectivity index (χ1n) is 8.27. The van der Waals surface area contributed by atoms with Crippen molar-refractivity contribution in [2.45, 2.75) is 12.5 Å². The maximum absolute atomic E-state index is 12.9. The number of rotatable bonds is 5. The number of hydrazone groups is 1. The molecule has 0 bridgehead atoms. The summed E-state index contributed by atoms with van der Waals surface area (Å²) < 4.78 is 0. The molecule has 2 aromatic heterocycles. The molecular formula is C19H15Cl2N3OS2. The van der Waals surface area contributed by atoms with Crippen LogP contribution in [0.2, 0.25) is 10.0 Å². The second-order valence-corrected chi connectivity index (χ2v) is 8.72. The molecule has 4 rings (SSSR count). The molecule has 3 heterocycles. The van der Waals surface area contributed by atoms with Gasteiger partial charge >= 0.3 is 0 Å². The number of carbonyl (C=O) groups is 1. The third-order valence-electron chi connectivity index (χ3n) is 4.21. The lowest BCUT2D eigenvalue weighted by atomic mass is 10.1. The molecule has 1 amide bonds. The van der Waals surface area contributed by atoms with Gasteiger partial charge in [0.15, 0.2) is 0 Å². The van der Waals surface area contributed by atoms with Crippen molar-refractivity contribution in [3.63, 3.8) is 0 Å². The molecule has 4 nitrogen and oxygen atoms in total. The summed E-state index contributed by atoms with van der Waals surface area (Å²) in [5.41, 5.74) is 1.69. The zero-order chi connectivity index (χ0) is 18.8. The van der Waals surface area contributed by atoms with E-state index in [2.05, 4.69) is 16.5 Å². The number of nitrogens with zero attached hydrogens (tertiary/aromatic N) is 2. The number of carbonyl (C=O) groups excluding carboxylic acids is 1. The first kappa shape index (κ1) is 18.5. The molecule has 0 spiro atoms. The smallest absolute Gasteiger partial charge is 0.262 e. The summed E-state index contributed by atoms with van der Waals surface area (Å²) >= 11 is 15.3. The molecule has 0 radical (unpaired) electrons. The van der Waals surface area contributed by atoms with Crippen LogP contribution in [-0.4, -0.2) is 23.2 Å². The summed E-state index contributed by atoms with van der Waals surface area (Å²) in [6.45, 7) is 0.126. The fraction of sp³-hybridized carbons (Fsp3) is 0.158. The predicted molar refractivity (Wildman–Crippen MR) is 114 cm³/mol. The third-order valence-corrected chi connectivity index (χ3v) is 6.84. The van der Waals surface area contributed by atoms with Crippen LogP contribution in [-0.2, 0) is 4.79 Å². The van der Waals surface area contributed by atoms with Crippen molar-refractivity contribution >= 4 is 63.2 Å². The van der Waals surface area contributed by atoms with Crippen LogP contribution in [0, 0.1) is 0 Å². The van der Waals surface area contributed by atoms with Crippen LogP contribution in [0.5, 0.6) is 0 Å². The first-order chi connectivity index (χ1) is 13.1. The minimum absolute atomic E-state index is 0.0646. The Hall–Kier alpha value is -1.86. The summed E-state index contributed by atoms with van der Waals surface area (Å²) in [6, 6.07) is 13.2. The average Bonchev–Trinajstić information content (AvgIpc) is 3.41. The fourth-order valence-electron chi connectivity index (χ4n) is 2.90. The van der Waals surface area contributed by atoms with Gasteiger partial charge in [-0.3, -0.25) is 4.79 Å². The van der Waals surface area contributed by atoms with E-state index in [-0.39, 0.29) is 18.5 Å². The highest BCUT2D eigenvalue weighted by Gasteiger charge is 2.33. The summed E-state index contributed by atoms with van der Waals surface area (Å²) in [4.78, 5) is 15.1. The van der Waals surface area contributed by atoms with Crippen molar-refractivity contribution in [1.82, 2.24) is 5.01 Å². The Labute approximate surface area is 175 Å². The molecule has 3 aromatic rings. The van der Waals surface area contributed by atoms with Crippen molar-refractivity contribution in [1.29, 1.82) is 0 Å². The maximum Gasteiger partial charge on any atom is 0.262 e. The number of hydrogen-bond donors (Lipinski definition) is 1. The molecule has 0 fully saturated rings. The van der Waals surface area contributed by atoms with Gasteiger partial charge in [0.05, 0.1) is 33.2 Å². The Morgan fingerprint density at radius 3 is 2.67 bits per heavy atom. The Morgan fingerprint density at radius 1 is 1.15 bits per heavy atom. The lowest BCUT2D eigenvalue weighted by Crippen LogP contribution is -2.31. The van der Waals surface area contributed by atoms with Crippen molar-refractivity contribution in [3.05, 3.63) is 73.0 Å². The molecule has 1 unspecified atom stereocenters. The molecule has 0 saturated heterocycles. The highest BCUT2D eigenvalue weighted by atomic mass is 35.5.